The summed E-state index contributed by atoms with van der Waals surface area (Å²) in [5.41, 5.74) is 0.974. The molecule has 0 fully saturated rings. The van der Waals surface area contributed by atoms with Gasteiger partial charge in [0.1, 0.15) is 4.90 Å². The van der Waals surface area contributed by atoms with Crippen molar-refractivity contribution in [2.24, 2.45) is 0 Å². The Bertz CT molecular complexity index is 654. The normalized spacial score (nSPS) is 11.2. The molecular formula is C12H12BrN2O2S+. The molecule has 1 aromatic carbocycles. The minimum atomic E-state index is -3.55. The van der Waals surface area contributed by atoms with Gasteiger partial charge in [-0.25, -0.2) is 4.98 Å². The quantitative estimate of drug-likeness (QED) is 0.940. The molecule has 0 unspecified atom stereocenters. The second-order valence-corrected chi connectivity index (χ2v) is 6.44. The number of aromatic nitrogens is 1. The van der Waals surface area contributed by atoms with Gasteiger partial charge in [0.15, 0.2) is 0 Å². The number of hydrogen-bond acceptors (Lipinski definition) is 2. The molecule has 0 spiro atoms. The van der Waals surface area contributed by atoms with E-state index in [0.29, 0.717) is 5.82 Å². The fourth-order valence-electron chi connectivity index (χ4n) is 1.46. The van der Waals surface area contributed by atoms with Crippen LogP contribution in [0.1, 0.15) is 5.56 Å². The van der Waals surface area contributed by atoms with E-state index in [0.717, 1.165) is 10.0 Å². The summed E-state index contributed by atoms with van der Waals surface area (Å²) >= 11 is 3.27. The van der Waals surface area contributed by atoms with Crippen molar-refractivity contribution in [2.75, 3.05) is 4.72 Å². The lowest BCUT2D eigenvalue weighted by Gasteiger charge is -2.02. The van der Waals surface area contributed by atoms with Crippen LogP contribution < -0.4 is 9.71 Å². The van der Waals surface area contributed by atoms with Crippen LogP contribution in [0.15, 0.2) is 52.0 Å². The number of halogens is 1. The monoisotopic (exact) mass is 327 g/mol. The minimum Gasteiger partial charge on any atom is -0.247 e. The summed E-state index contributed by atoms with van der Waals surface area (Å²) in [6.07, 6.45) is 1.69. The number of rotatable bonds is 3. The van der Waals surface area contributed by atoms with E-state index in [-0.39, 0.29) is 4.90 Å². The van der Waals surface area contributed by atoms with E-state index in [9.17, 15) is 8.42 Å². The van der Waals surface area contributed by atoms with Gasteiger partial charge in [-0.3, -0.25) is 0 Å². The molecule has 0 aliphatic heterocycles. The Balaban J connectivity index is 2.30. The van der Waals surface area contributed by atoms with E-state index in [4.69, 9.17) is 0 Å². The van der Waals surface area contributed by atoms with Gasteiger partial charge in [-0.05, 0) is 42.8 Å². The van der Waals surface area contributed by atoms with Crippen LogP contribution in [0.3, 0.4) is 0 Å². The Hall–Kier alpha value is -1.40. The second-order valence-electron chi connectivity index (χ2n) is 3.84. The number of aryl methyl sites for hydroxylation is 1. The molecule has 0 saturated heterocycles. The van der Waals surface area contributed by atoms with Crippen molar-refractivity contribution in [3.63, 3.8) is 0 Å². The summed E-state index contributed by atoms with van der Waals surface area (Å²) in [7, 11) is -3.55. The molecule has 94 valence electrons. The van der Waals surface area contributed by atoms with E-state index in [1.54, 1.807) is 36.5 Å². The molecule has 0 bridgehead atoms. The molecule has 0 saturated carbocycles. The van der Waals surface area contributed by atoms with Crippen molar-refractivity contribution in [3.05, 3.63) is 52.6 Å². The standard InChI is InChI=1S/C12H11BrN2O2S/c1-9-6-7-14-12(8-9)15-18(16,17)11-4-2-10(13)3-5-11/h2-8H,1H3,(H,14,15)/p+1. The molecule has 2 rings (SSSR count). The van der Waals surface area contributed by atoms with Crippen LogP contribution in [0.25, 0.3) is 0 Å². The summed E-state index contributed by atoms with van der Waals surface area (Å²) in [4.78, 5) is 3.07. The van der Waals surface area contributed by atoms with Gasteiger partial charge in [0, 0.05) is 10.5 Å². The smallest absolute Gasteiger partial charge is 0.247 e. The fourth-order valence-corrected chi connectivity index (χ4v) is 2.74. The Morgan fingerprint density at radius 3 is 2.44 bits per heavy atom. The lowest BCUT2D eigenvalue weighted by atomic mass is 10.3. The molecule has 1 heterocycles. The molecule has 1 aromatic heterocycles. The fraction of sp³-hybridized carbons (Fsp3) is 0.0833. The third-order valence-corrected chi connectivity index (χ3v) is 4.24. The number of hydrogen-bond donors (Lipinski definition) is 1. The number of pyridine rings is 1. The lowest BCUT2D eigenvalue weighted by molar-refractivity contribution is -0.360. The average Bonchev–Trinajstić information content (AvgIpc) is 2.29. The van der Waals surface area contributed by atoms with Gasteiger partial charge in [-0.15, -0.1) is 0 Å². The number of aromatic amines is 1. The molecule has 6 heteroatoms. The number of H-pyrrole nitrogens is 1. The maximum atomic E-state index is 12.1. The van der Waals surface area contributed by atoms with E-state index in [1.165, 1.54) is 0 Å². The van der Waals surface area contributed by atoms with Crippen LogP contribution in [0.2, 0.25) is 0 Å². The summed E-state index contributed by atoms with van der Waals surface area (Å²) < 4.78 is 27.5. The van der Waals surface area contributed by atoms with Crippen LogP contribution >= 0.6 is 15.9 Å². The lowest BCUT2D eigenvalue weighted by Crippen LogP contribution is -2.19. The van der Waals surface area contributed by atoms with Crippen molar-refractivity contribution >= 4 is 31.8 Å². The molecule has 0 radical (unpaired) electrons. The minimum absolute atomic E-state index is 0.223. The highest BCUT2D eigenvalue weighted by molar-refractivity contribution is 9.10. The average molecular weight is 328 g/mol. The summed E-state index contributed by atoms with van der Waals surface area (Å²) in [5, 5.41) is 0. The molecule has 2 N–H and O–H groups in total. The first-order valence-electron chi connectivity index (χ1n) is 5.24. The molecule has 2 aromatic rings. The predicted molar refractivity (Wildman–Crippen MR) is 72.7 cm³/mol. The van der Waals surface area contributed by atoms with E-state index in [1.807, 2.05) is 13.0 Å². The maximum absolute atomic E-state index is 12.1. The number of benzene rings is 1. The van der Waals surface area contributed by atoms with Gasteiger partial charge in [-0.2, -0.15) is 13.1 Å². The number of anilines is 1. The van der Waals surface area contributed by atoms with Crippen LogP contribution in [0.5, 0.6) is 0 Å². The Kier molecular flexibility index (Phi) is 3.68. The molecule has 0 aliphatic rings. The third kappa shape index (κ3) is 3.08. The predicted octanol–water partition coefficient (Wildman–Crippen LogP) is 2.37. The number of nitrogens with one attached hydrogen (secondary N) is 2. The van der Waals surface area contributed by atoms with Crippen molar-refractivity contribution in [1.82, 2.24) is 0 Å². The first kappa shape index (κ1) is 13.0. The molecule has 0 amide bonds. The summed E-state index contributed by atoms with van der Waals surface area (Å²) in [6, 6.07) is 10.1. The summed E-state index contributed by atoms with van der Waals surface area (Å²) in [6.45, 7) is 1.89. The summed E-state index contributed by atoms with van der Waals surface area (Å²) in [5.74, 6) is 0.443. The van der Waals surface area contributed by atoms with E-state index >= 15 is 0 Å². The molecular weight excluding hydrogens is 316 g/mol. The van der Waals surface area contributed by atoms with Crippen LogP contribution in [-0.4, -0.2) is 8.42 Å². The first-order valence-corrected chi connectivity index (χ1v) is 7.52. The van der Waals surface area contributed by atoms with Gasteiger partial charge in [-0.1, -0.05) is 15.9 Å². The highest BCUT2D eigenvalue weighted by Crippen LogP contribution is 2.16. The SMILES string of the molecule is Cc1cc[nH+]c(NS(=O)(=O)c2ccc(Br)cc2)c1. The van der Waals surface area contributed by atoms with Crippen LogP contribution in [0, 0.1) is 6.92 Å². The zero-order chi connectivity index (χ0) is 13.2. The Morgan fingerprint density at radius 2 is 1.83 bits per heavy atom. The van der Waals surface area contributed by atoms with Crippen LogP contribution in [0.4, 0.5) is 5.82 Å². The highest BCUT2D eigenvalue weighted by Gasteiger charge is 2.19. The van der Waals surface area contributed by atoms with Gasteiger partial charge in [0.2, 0.25) is 0 Å². The molecule has 18 heavy (non-hydrogen) atoms. The highest BCUT2D eigenvalue weighted by atomic mass is 79.9. The van der Waals surface area contributed by atoms with E-state index in [2.05, 4.69) is 25.6 Å². The third-order valence-electron chi connectivity index (χ3n) is 2.33. The topological polar surface area (TPSA) is 60.3 Å². The van der Waals surface area contributed by atoms with Crippen molar-refractivity contribution < 1.29 is 13.4 Å². The van der Waals surface area contributed by atoms with Gasteiger partial charge in [0.25, 0.3) is 5.82 Å². The Labute approximate surface area is 114 Å². The van der Waals surface area contributed by atoms with E-state index < -0.39 is 10.0 Å². The van der Waals surface area contributed by atoms with Gasteiger partial charge < -0.3 is 0 Å². The van der Waals surface area contributed by atoms with Crippen molar-refractivity contribution in [1.29, 1.82) is 0 Å². The van der Waals surface area contributed by atoms with Gasteiger partial charge in [0.05, 0.1) is 6.20 Å². The zero-order valence-electron chi connectivity index (χ0n) is 9.64. The largest absolute Gasteiger partial charge is 0.328 e. The second kappa shape index (κ2) is 5.07. The first-order chi connectivity index (χ1) is 8.47. The van der Waals surface area contributed by atoms with Gasteiger partial charge >= 0.3 is 10.0 Å². The Morgan fingerprint density at radius 1 is 1.17 bits per heavy atom. The maximum Gasteiger partial charge on any atom is 0.328 e. The van der Waals surface area contributed by atoms with Crippen molar-refractivity contribution in [3.8, 4) is 0 Å². The van der Waals surface area contributed by atoms with Crippen LogP contribution in [-0.2, 0) is 10.0 Å². The molecule has 0 aliphatic carbocycles. The molecule has 0 atom stereocenters. The zero-order valence-corrected chi connectivity index (χ0v) is 12.0. The number of sulfonamides is 1. The molecule has 4 nitrogen and oxygen atoms in total. The van der Waals surface area contributed by atoms with Crippen molar-refractivity contribution in [2.45, 2.75) is 11.8 Å².